The van der Waals surface area contributed by atoms with Crippen LogP contribution in [-0.2, 0) is 4.79 Å². The number of nitrogens with one attached hydrogen (secondary N) is 1. The largest absolute Gasteiger partial charge is 0.311 e. The second-order valence-electron chi connectivity index (χ2n) is 4.21. The normalized spacial score (nSPS) is 20.3. The van der Waals surface area contributed by atoms with E-state index in [-0.39, 0.29) is 18.3 Å². The SMILES string of the molecule is CC1CCN(c2ccc(Cl)c(Cl)c2)C(=O)CN1.Cl. The molecule has 1 atom stereocenters. The molecule has 100 valence electrons. The molecule has 1 amide bonds. The Labute approximate surface area is 123 Å². The molecular formula is C12H15Cl3N2O. The van der Waals surface area contributed by atoms with Crippen molar-refractivity contribution < 1.29 is 4.79 Å². The highest BCUT2D eigenvalue weighted by Gasteiger charge is 2.21. The van der Waals surface area contributed by atoms with Gasteiger partial charge in [-0.15, -0.1) is 12.4 Å². The third kappa shape index (κ3) is 3.51. The van der Waals surface area contributed by atoms with Crippen LogP contribution in [0.25, 0.3) is 0 Å². The number of benzene rings is 1. The average Bonchev–Trinajstić information content (AvgIpc) is 2.46. The molecule has 1 heterocycles. The molecule has 1 aliphatic heterocycles. The minimum absolute atomic E-state index is 0. The van der Waals surface area contributed by atoms with Crippen molar-refractivity contribution in [3.05, 3.63) is 28.2 Å². The van der Waals surface area contributed by atoms with Gasteiger partial charge < -0.3 is 10.2 Å². The summed E-state index contributed by atoms with van der Waals surface area (Å²) in [7, 11) is 0. The van der Waals surface area contributed by atoms with E-state index in [2.05, 4.69) is 12.2 Å². The highest BCUT2D eigenvalue weighted by atomic mass is 35.5. The first kappa shape index (κ1) is 15.6. The van der Waals surface area contributed by atoms with Gasteiger partial charge in [0.1, 0.15) is 0 Å². The minimum Gasteiger partial charge on any atom is -0.311 e. The van der Waals surface area contributed by atoms with Crippen LogP contribution in [0.1, 0.15) is 13.3 Å². The van der Waals surface area contributed by atoms with Crippen LogP contribution in [0.2, 0.25) is 10.0 Å². The van der Waals surface area contributed by atoms with Crippen molar-refractivity contribution >= 4 is 47.2 Å². The summed E-state index contributed by atoms with van der Waals surface area (Å²) >= 11 is 11.8. The molecule has 0 saturated carbocycles. The number of carbonyl (C=O) groups is 1. The van der Waals surface area contributed by atoms with Gasteiger partial charge in [0.25, 0.3) is 0 Å². The average molecular weight is 310 g/mol. The first-order chi connectivity index (χ1) is 8.08. The predicted octanol–water partition coefficient (Wildman–Crippen LogP) is 3.13. The van der Waals surface area contributed by atoms with E-state index in [0.29, 0.717) is 29.2 Å². The van der Waals surface area contributed by atoms with Crippen LogP contribution in [0.5, 0.6) is 0 Å². The van der Waals surface area contributed by atoms with E-state index < -0.39 is 0 Å². The van der Waals surface area contributed by atoms with Crippen LogP contribution in [0.15, 0.2) is 18.2 Å². The molecule has 18 heavy (non-hydrogen) atoms. The zero-order chi connectivity index (χ0) is 12.4. The van der Waals surface area contributed by atoms with E-state index in [1.54, 1.807) is 17.0 Å². The van der Waals surface area contributed by atoms with Crippen LogP contribution >= 0.6 is 35.6 Å². The molecule has 0 spiro atoms. The Morgan fingerprint density at radius 1 is 1.33 bits per heavy atom. The lowest BCUT2D eigenvalue weighted by Crippen LogP contribution is -2.35. The van der Waals surface area contributed by atoms with Crippen LogP contribution in [0.3, 0.4) is 0 Å². The smallest absolute Gasteiger partial charge is 0.240 e. The summed E-state index contributed by atoms with van der Waals surface area (Å²) in [6, 6.07) is 5.63. The molecule has 2 rings (SSSR count). The maximum Gasteiger partial charge on any atom is 0.240 e. The highest BCUT2D eigenvalue weighted by Crippen LogP contribution is 2.27. The second kappa shape index (κ2) is 6.62. The summed E-state index contributed by atoms with van der Waals surface area (Å²) in [5.41, 5.74) is 0.806. The van der Waals surface area contributed by atoms with Crippen LogP contribution in [0.4, 0.5) is 5.69 Å². The number of rotatable bonds is 1. The summed E-state index contributed by atoms with van der Waals surface area (Å²) in [5.74, 6) is 0.0627. The molecule has 0 bridgehead atoms. The van der Waals surface area contributed by atoms with Gasteiger partial charge in [0.05, 0.1) is 16.6 Å². The second-order valence-corrected chi connectivity index (χ2v) is 5.03. The van der Waals surface area contributed by atoms with Gasteiger partial charge in [-0.25, -0.2) is 0 Å². The van der Waals surface area contributed by atoms with E-state index in [4.69, 9.17) is 23.2 Å². The van der Waals surface area contributed by atoms with Crippen LogP contribution in [-0.4, -0.2) is 25.0 Å². The first-order valence-corrected chi connectivity index (χ1v) is 6.32. The van der Waals surface area contributed by atoms with Gasteiger partial charge in [-0.1, -0.05) is 23.2 Å². The Kier molecular flexibility index (Phi) is 5.73. The van der Waals surface area contributed by atoms with E-state index in [9.17, 15) is 4.79 Å². The first-order valence-electron chi connectivity index (χ1n) is 5.56. The summed E-state index contributed by atoms with van der Waals surface area (Å²) in [6.07, 6.45) is 0.923. The molecule has 1 aromatic carbocycles. The lowest BCUT2D eigenvalue weighted by molar-refractivity contribution is -0.117. The summed E-state index contributed by atoms with van der Waals surface area (Å²) in [6.45, 7) is 3.14. The minimum atomic E-state index is 0. The van der Waals surface area contributed by atoms with Crippen LogP contribution in [0, 0.1) is 0 Å². The number of halogens is 3. The van der Waals surface area contributed by atoms with Gasteiger partial charge in [0, 0.05) is 18.3 Å². The number of carbonyl (C=O) groups excluding carboxylic acids is 1. The number of hydrogen-bond acceptors (Lipinski definition) is 2. The Morgan fingerprint density at radius 2 is 2.06 bits per heavy atom. The zero-order valence-corrected chi connectivity index (χ0v) is 12.3. The maximum absolute atomic E-state index is 11.9. The molecule has 0 aliphatic carbocycles. The fourth-order valence-electron chi connectivity index (χ4n) is 1.83. The van der Waals surface area contributed by atoms with Crippen molar-refractivity contribution in [3.8, 4) is 0 Å². The van der Waals surface area contributed by atoms with E-state index >= 15 is 0 Å². The quantitative estimate of drug-likeness (QED) is 0.864. The van der Waals surface area contributed by atoms with Crippen molar-refractivity contribution in [1.82, 2.24) is 5.32 Å². The number of nitrogens with zero attached hydrogens (tertiary/aromatic N) is 1. The molecule has 1 aliphatic rings. The summed E-state index contributed by atoms with van der Waals surface area (Å²) in [5, 5.41) is 4.15. The number of anilines is 1. The van der Waals surface area contributed by atoms with Gasteiger partial charge >= 0.3 is 0 Å². The predicted molar refractivity (Wildman–Crippen MR) is 78.1 cm³/mol. The topological polar surface area (TPSA) is 32.3 Å². The molecule has 1 fully saturated rings. The lowest BCUT2D eigenvalue weighted by Gasteiger charge is -2.20. The van der Waals surface area contributed by atoms with E-state index in [0.717, 1.165) is 12.1 Å². The molecule has 1 N–H and O–H groups in total. The molecule has 1 saturated heterocycles. The summed E-state index contributed by atoms with van der Waals surface area (Å²) < 4.78 is 0. The van der Waals surface area contributed by atoms with E-state index in [1.165, 1.54) is 0 Å². The van der Waals surface area contributed by atoms with Gasteiger partial charge in [0.15, 0.2) is 0 Å². The third-order valence-electron chi connectivity index (χ3n) is 2.90. The Bertz CT molecular complexity index is 439. The van der Waals surface area contributed by atoms with Crippen molar-refractivity contribution in [2.45, 2.75) is 19.4 Å². The Morgan fingerprint density at radius 3 is 2.72 bits per heavy atom. The molecule has 3 nitrogen and oxygen atoms in total. The standard InChI is InChI=1S/C12H14Cl2N2O.ClH/c1-8-4-5-16(12(17)7-15-8)9-2-3-10(13)11(14)6-9;/h2-3,6,8,15H,4-5,7H2,1H3;1H. The highest BCUT2D eigenvalue weighted by molar-refractivity contribution is 6.42. The molecule has 1 aromatic rings. The van der Waals surface area contributed by atoms with Crippen molar-refractivity contribution in [2.24, 2.45) is 0 Å². The molecular weight excluding hydrogens is 295 g/mol. The van der Waals surface area contributed by atoms with Crippen LogP contribution < -0.4 is 10.2 Å². The van der Waals surface area contributed by atoms with Gasteiger partial charge in [-0.2, -0.15) is 0 Å². The molecule has 1 unspecified atom stereocenters. The third-order valence-corrected chi connectivity index (χ3v) is 3.64. The molecule has 6 heteroatoms. The zero-order valence-electron chi connectivity index (χ0n) is 9.95. The fraction of sp³-hybridized carbons (Fsp3) is 0.417. The maximum atomic E-state index is 11.9. The van der Waals surface area contributed by atoms with Gasteiger partial charge in [0.2, 0.25) is 5.91 Å². The van der Waals surface area contributed by atoms with E-state index in [1.807, 2.05) is 6.07 Å². The monoisotopic (exact) mass is 308 g/mol. The van der Waals surface area contributed by atoms with Crippen molar-refractivity contribution in [2.75, 3.05) is 18.0 Å². The van der Waals surface area contributed by atoms with Gasteiger partial charge in [-0.05, 0) is 31.5 Å². The summed E-state index contributed by atoms with van der Waals surface area (Å²) in [4.78, 5) is 13.7. The fourth-order valence-corrected chi connectivity index (χ4v) is 2.12. The van der Waals surface area contributed by atoms with Crippen molar-refractivity contribution in [3.63, 3.8) is 0 Å². The molecule has 0 aromatic heterocycles. The number of hydrogen-bond donors (Lipinski definition) is 1. The molecule has 0 radical (unpaired) electrons. The van der Waals surface area contributed by atoms with Gasteiger partial charge in [-0.3, -0.25) is 4.79 Å². The lowest BCUT2D eigenvalue weighted by atomic mass is 10.2. The Hall–Kier alpha value is -0.480. The Balaban J connectivity index is 0.00000162. The number of amides is 1. The van der Waals surface area contributed by atoms with Crippen molar-refractivity contribution in [1.29, 1.82) is 0 Å².